The maximum absolute atomic E-state index is 4.76. The first-order valence-corrected chi connectivity index (χ1v) is 10.5. The maximum atomic E-state index is 4.76. The molecule has 0 aliphatic rings. The fourth-order valence-corrected chi connectivity index (χ4v) is 2.99. The molecule has 0 saturated heterocycles. The second kappa shape index (κ2) is 23.2. The molecule has 0 radical (unpaired) electrons. The molecule has 10 heteroatoms. The molecule has 0 saturated carbocycles. The Morgan fingerprint density at radius 1 is 0.520 bits per heavy atom. The fraction of sp³-hybridized carbons (Fsp3) is 0.800. The Labute approximate surface area is 207 Å². The Kier molecular flexibility index (Phi) is 31.4. The van der Waals surface area contributed by atoms with Crippen LogP contribution < -0.4 is 0 Å². The third-order valence-electron chi connectivity index (χ3n) is 3.06. The van der Waals surface area contributed by atoms with E-state index in [4.69, 9.17) is 74.5 Å². The first-order valence-electron chi connectivity index (χ1n) is 8.04. The van der Waals surface area contributed by atoms with Gasteiger partial charge in [-0.3, -0.25) is 0 Å². The van der Waals surface area contributed by atoms with Crippen molar-refractivity contribution in [3.63, 3.8) is 0 Å². The molecule has 0 rings (SSSR count). The van der Waals surface area contributed by atoms with Crippen molar-refractivity contribution in [1.29, 1.82) is 0 Å². The van der Waals surface area contributed by atoms with E-state index >= 15 is 0 Å². The quantitative estimate of drug-likeness (QED) is 0.356. The van der Waals surface area contributed by atoms with Gasteiger partial charge in [-0.2, -0.15) is 0 Å². The van der Waals surface area contributed by atoms with E-state index in [1.54, 1.807) is 0 Å². The SMILES string of the molecule is CCN(CC)C(=S)[S-].CCN(CC)C(=S)[S-].CCN(CC)C(=S)[S-].[In+3]. The van der Waals surface area contributed by atoms with Gasteiger partial charge in [-0.1, -0.05) is 13.0 Å². The van der Waals surface area contributed by atoms with Crippen LogP contribution in [0.4, 0.5) is 0 Å². The zero-order valence-electron chi connectivity index (χ0n) is 16.1. The molecule has 0 bridgehead atoms. The summed E-state index contributed by atoms with van der Waals surface area (Å²) in [4.78, 5) is 5.89. The average Bonchev–Trinajstić information content (AvgIpc) is 2.51. The van der Waals surface area contributed by atoms with Gasteiger partial charge in [0.25, 0.3) is 0 Å². The Bertz CT molecular complexity index is 294. The minimum Gasteiger partial charge on any atom is -0.411 e. The van der Waals surface area contributed by atoms with Gasteiger partial charge in [0.1, 0.15) is 0 Å². The van der Waals surface area contributed by atoms with Gasteiger partial charge in [0, 0.05) is 39.3 Å². The first kappa shape index (κ1) is 33.8. The molecule has 0 aliphatic heterocycles. The average molecular weight is 560 g/mol. The van der Waals surface area contributed by atoms with Gasteiger partial charge in [0.2, 0.25) is 0 Å². The Morgan fingerprint density at radius 2 is 0.640 bits per heavy atom. The molecule has 0 unspecified atom stereocenters. The molecule has 0 aromatic heterocycles. The molecule has 0 aromatic carbocycles. The van der Waals surface area contributed by atoms with Gasteiger partial charge in [-0.05, 0) is 41.5 Å². The number of rotatable bonds is 6. The van der Waals surface area contributed by atoms with Crippen molar-refractivity contribution in [2.45, 2.75) is 41.5 Å². The summed E-state index contributed by atoms with van der Waals surface area (Å²) in [6, 6.07) is 0. The summed E-state index contributed by atoms with van der Waals surface area (Å²) in [5.74, 6) is 0. The largest absolute Gasteiger partial charge is 3.00 e. The van der Waals surface area contributed by atoms with Crippen LogP contribution in [-0.2, 0) is 37.9 Å². The predicted molar refractivity (Wildman–Crippen MR) is 134 cm³/mol. The second-order valence-electron chi connectivity index (χ2n) is 4.31. The van der Waals surface area contributed by atoms with Crippen molar-refractivity contribution in [1.82, 2.24) is 14.7 Å². The smallest absolute Gasteiger partial charge is 0.411 e. The van der Waals surface area contributed by atoms with Crippen molar-refractivity contribution >= 4 is 113 Å². The van der Waals surface area contributed by atoms with Crippen LogP contribution in [0.15, 0.2) is 0 Å². The molecule has 25 heavy (non-hydrogen) atoms. The molecule has 0 heterocycles. The van der Waals surface area contributed by atoms with E-state index in [2.05, 4.69) is 0 Å². The molecule has 0 spiro atoms. The predicted octanol–water partition coefficient (Wildman–Crippen LogP) is 3.10. The summed E-state index contributed by atoms with van der Waals surface area (Å²) in [5.41, 5.74) is 0. The summed E-state index contributed by atoms with van der Waals surface area (Å²) in [5, 5.41) is 0. The van der Waals surface area contributed by atoms with Crippen molar-refractivity contribution < 1.29 is 0 Å². The van der Waals surface area contributed by atoms with Crippen LogP contribution in [-0.4, -0.2) is 92.8 Å². The topological polar surface area (TPSA) is 9.72 Å². The van der Waals surface area contributed by atoms with Crippen molar-refractivity contribution in [2.24, 2.45) is 0 Å². The van der Waals surface area contributed by atoms with E-state index in [9.17, 15) is 0 Å². The van der Waals surface area contributed by atoms with Gasteiger partial charge in [-0.25, -0.2) is 0 Å². The summed E-state index contributed by atoms with van der Waals surface area (Å²) in [6.45, 7) is 17.8. The van der Waals surface area contributed by atoms with E-state index < -0.39 is 0 Å². The van der Waals surface area contributed by atoms with E-state index in [0.717, 1.165) is 39.3 Å². The monoisotopic (exact) mass is 559 g/mol. The Balaban J connectivity index is -0.000000130. The van der Waals surface area contributed by atoms with Gasteiger partial charge in [-0.15, -0.1) is 0 Å². The van der Waals surface area contributed by atoms with Crippen molar-refractivity contribution in [2.75, 3.05) is 39.3 Å². The molecular weight excluding hydrogens is 529 g/mol. The van der Waals surface area contributed by atoms with Crippen LogP contribution in [0.1, 0.15) is 41.5 Å². The minimum absolute atomic E-state index is 0. The molecule has 0 atom stereocenters. The molecule has 0 fully saturated rings. The fourth-order valence-electron chi connectivity index (χ4n) is 1.45. The molecule has 144 valence electrons. The van der Waals surface area contributed by atoms with Gasteiger partial charge in [0.05, 0.1) is 0 Å². The number of hydrogen-bond acceptors (Lipinski definition) is 6. The molecule has 0 N–H and O–H groups in total. The minimum atomic E-state index is 0. The molecule has 0 aliphatic carbocycles. The maximum Gasteiger partial charge on any atom is 3.00 e. The normalized spacial score (nSPS) is 8.40. The zero-order valence-corrected chi connectivity index (χ0v) is 24.3. The van der Waals surface area contributed by atoms with Gasteiger partial charge in [0.15, 0.2) is 0 Å². The standard InChI is InChI=1S/3C5H11NS2.In/c3*1-3-6(4-2)5(7)8;/h3*3-4H2,1-2H3,(H,7,8);/q;;;+3/p-3. The van der Waals surface area contributed by atoms with E-state index in [0.29, 0.717) is 13.0 Å². The van der Waals surface area contributed by atoms with Crippen LogP contribution in [0.5, 0.6) is 0 Å². The molecule has 0 aromatic rings. The Morgan fingerprint density at radius 3 is 0.640 bits per heavy atom. The van der Waals surface area contributed by atoms with E-state index in [1.165, 1.54) is 0 Å². The number of thiocarbonyl (C=S) groups is 3. The van der Waals surface area contributed by atoms with Crippen molar-refractivity contribution in [3.05, 3.63) is 0 Å². The summed E-state index contributed by atoms with van der Waals surface area (Å²) in [7, 11) is 0. The van der Waals surface area contributed by atoms with Gasteiger partial charge < -0.3 is 89.2 Å². The summed E-state index contributed by atoms with van der Waals surface area (Å²) in [6.07, 6.45) is 0. The zero-order chi connectivity index (χ0) is 19.7. The number of nitrogens with zero attached hydrogens (tertiary/aromatic N) is 3. The Hall–Kier alpha value is 1.20. The molecular formula is C15H30InN3S6. The van der Waals surface area contributed by atoms with E-state index in [-0.39, 0.29) is 25.8 Å². The summed E-state index contributed by atoms with van der Waals surface area (Å²) >= 11 is 28.5. The molecule has 0 amide bonds. The van der Waals surface area contributed by atoms with Crippen LogP contribution in [0.25, 0.3) is 0 Å². The van der Waals surface area contributed by atoms with Gasteiger partial charge >= 0.3 is 25.8 Å². The molecule has 3 nitrogen and oxygen atoms in total. The third-order valence-corrected chi connectivity index (χ3v) is 4.61. The first-order chi connectivity index (χ1) is 11.2. The number of hydrogen-bond donors (Lipinski definition) is 0. The van der Waals surface area contributed by atoms with Crippen molar-refractivity contribution in [3.8, 4) is 0 Å². The van der Waals surface area contributed by atoms with Crippen LogP contribution in [0.2, 0.25) is 0 Å². The van der Waals surface area contributed by atoms with E-state index in [1.807, 2.05) is 56.2 Å². The second-order valence-corrected chi connectivity index (χ2v) is 7.41. The summed E-state index contributed by atoms with van der Waals surface area (Å²) < 4.78 is 1.74. The van der Waals surface area contributed by atoms with Crippen LogP contribution in [0, 0.1) is 0 Å². The third kappa shape index (κ3) is 21.4. The van der Waals surface area contributed by atoms with Crippen LogP contribution >= 0.6 is 36.7 Å². The van der Waals surface area contributed by atoms with Crippen LogP contribution in [0.3, 0.4) is 0 Å².